The van der Waals surface area contributed by atoms with Gasteiger partial charge in [0.05, 0.1) is 12.8 Å². The summed E-state index contributed by atoms with van der Waals surface area (Å²) in [5.74, 6) is -2.56. The molecule has 11 heteroatoms. The molecule has 0 aliphatic rings. The van der Waals surface area contributed by atoms with E-state index in [2.05, 4.69) is 0 Å². The van der Waals surface area contributed by atoms with Gasteiger partial charge < -0.3 is 4.74 Å². The molecule has 0 heterocycles. The molecule has 2 rings (SSSR count). The lowest BCUT2D eigenvalue weighted by Gasteiger charge is -2.16. The third-order valence-corrected chi connectivity index (χ3v) is 6.63. The second-order valence-electron chi connectivity index (χ2n) is 5.31. The van der Waals surface area contributed by atoms with Gasteiger partial charge in [-0.15, -0.1) is 0 Å². The van der Waals surface area contributed by atoms with Crippen molar-refractivity contribution in [1.82, 2.24) is 4.31 Å². The Bertz CT molecular complexity index is 1020. The van der Waals surface area contributed by atoms with Crippen LogP contribution in [0.2, 0.25) is 0 Å². The van der Waals surface area contributed by atoms with Crippen LogP contribution < -0.4 is 9.46 Å². The predicted molar refractivity (Wildman–Crippen MR) is 91.0 cm³/mol. The fourth-order valence-corrected chi connectivity index (χ4v) is 4.35. The van der Waals surface area contributed by atoms with Crippen LogP contribution in [-0.2, 0) is 20.0 Å². The van der Waals surface area contributed by atoms with Crippen LogP contribution in [0.15, 0.2) is 46.2 Å². The predicted octanol–water partition coefficient (Wildman–Crippen LogP) is 2.02. The van der Waals surface area contributed by atoms with E-state index < -0.39 is 36.6 Å². The van der Waals surface area contributed by atoms with Crippen LogP contribution >= 0.6 is 0 Å². The van der Waals surface area contributed by atoms with E-state index in [9.17, 15) is 25.6 Å². The highest BCUT2D eigenvalue weighted by atomic mass is 32.2. The van der Waals surface area contributed by atoms with Gasteiger partial charge >= 0.3 is 0 Å². The lowest BCUT2D eigenvalue weighted by atomic mass is 10.3. The first-order valence-corrected chi connectivity index (χ1v) is 10.0. The van der Waals surface area contributed by atoms with Crippen LogP contribution in [-0.4, -0.2) is 42.3 Å². The molecule has 0 aromatic heterocycles. The molecular weight excluding hydrogens is 390 g/mol. The molecule has 0 aliphatic carbocycles. The van der Waals surface area contributed by atoms with Gasteiger partial charge in [-0.3, -0.25) is 4.72 Å². The van der Waals surface area contributed by atoms with Crippen LogP contribution in [0.1, 0.15) is 0 Å². The van der Waals surface area contributed by atoms with E-state index in [-0.39, 0.29) is 16.3 Å². The summed E-state index contributed by atoms with van der Waals surface area (Å²) in [6.45, 7) is 0. The zero-order valence-electron chi connectivity index (χ0n) is 14.0. The summed E-state index contributed by atoms with van der Waals surface area (Å²) in [6.07, 6.45) is 0. The van der Waals surface area contributed by atoms with E-state index in [4.69, 9.17) is 4.74 Å². The molecule has 2 aromatic rings. The monoisotopic (exact) mass is 406 g/mol. The number of hydrogen-bond acceptors (Lipinski definition) is 5. The summed E-state index contributed by atoms with van der Waals surface area (Å²) < 4.78 is 84.7. The Morgan fingerprint density at radius 2 is 1.58 bits per heavy atom. The highest BCUT2D eigenvalue weighted by Gasteiger charge is 2.26. The highest BCUT2D eigenvalue weighted by Crippen LogP contribution is 2.30. The second-order valence-corrected chi connectivity index (χ2v) is 9.05. The van der Waals surface area contributed by atoms with E-state index in [1.54, 1.807) is 0 Å². The Kier molecular flexibility index (Phi) is 5.54. The van der Waals surface area contributed by atoms with Crippen molar-refractivity contribution in [2.24, 2.45) is 0 Å². The average molecular weight is 406 g/mol. The van der Waals surface area contributed by atoms with Gasteiger partial charge in [-0.25, -0.2) is 29.9 Å². The van der Waals surface area contributed by atoms with Gasteiger partial charge in [-0.05, 0) is 30.3 Å². The molecule has 0 bridgehead atoms. The molecule has 0 spiro atoms. The largest absolute Gasteiger partial charge is 0.495 e. The van der Waals surface area contributed by atoms with Crippen molar-refractivity contribution in [3.8, 4) is 5.75 Å². The Balaban J connectivity index is 2.55. The fraction of sp³-hybridized carbons (Fsp3) is 0.200. The molecule has 0 atom stereocenters. The topological polar surface area (TPSA) is 92.8 Å². The summed E-state index contributed by atoms with van der Waals surface area (Å²) >= 11 is 0. The van der Waals surface area contributed by atoms with Gasteiger partial charge in [-0.2, -0.15) is 0 Å². The van der Waals surface area contributed by atoms with Crippen LogP contribution in [0, 0.1) is 11.6 Å². The maximum absolute atomic E-state index is 13.8. The number of anilines is 1. The van der Waals surface area contributed by atoms with Crippen LogP contribution in [0.25, 0.3) is 0 Å². The first kappa shape index (κ1) is 20.1. The quantitative estimate of drug-likeness (QED) is 0.792. The van der Waals surface area contributed by atoms with Crippen molar-refractivity contribution in [3.05, 3.63) is 48.0 Å². The zero-order valence-corrected chi connectivity index (χ0v) is 15.7. The SMILES string of the molecule is COc1ccc(NS(=O)(=O)c2c(F)cccc2F)cc1S(=O)(=O)N(C)C. The number of ether oxygens (including phenoxy) is 1. The average Bonchev–Trinajstić information content (AvgIpc) is 2.53. The number of halogens is 2. The Labute approximate surface area is 150 Å². The van der Waals surface area contributed by atoms with Gasteiger partial charge in [0, 0.05) is 14.1 Å². The third kappa shape index (κ3) is 3.79. The van der Waals surface area contributed by atoms with E-state index in [1.165, 1.54) is 33.3 Å². The summed E-state index contributed by atoms with van der Waals surface area (Å²) in [6, 6.07) is 6.07. The minimum absolute atomic E-state index is 0.0151. The smallest absolute Gasteiger partial charge is 0.267 e. The van der Waals surface area contributed by atoms with Crippen molar-refractivity contribution in [2.75, 3.05) is 25.9 Å². The normalized spacial score (nSPS) is 12.2. The molecule has 2 aromatic carbocycles. The molecule has 0 aliphatic heterocycles. The number of benzene rings is 2. The number of methoxy groups -OCH3 is 1. The van der Waals surface area contributed by atoms with E-state index in [0.29, 0.717) is 0 Å². The zero-order chi connectivity index (χ0) is 19.7. The first-order chi connectivity index (χ1) is 12.0. The molecule has 26 heavy (non-hydrogen) atoms. The van der Waals surface area contributed by atoms with Gasteiger partial charge in [-0.1, -0.05) is 6.07 Å². The van der Waals surface area contributed by atoms with Crippen LogP contribution in [0.3, 0.4) is 0 Å². The molecule has 0 amide bonds. The Hall–Kier alpha value is -2.24. The van der Waals surface area contributed by atoms with E-state index >= 15 is 0 Å². The molecule has 0 saturated heterocycles. The van der Waals surface area contributed by atoms with Crippen molar-refractivity contribution >= 4 is 25.7 Å². The summed E-state index contributed by atoms with van der Waals surface area (Å²) in [4.78, 5) is -1.47. The van der Waals surface area contributed by atoms with Crippen LogP contribution in [0.5, 0.6) is 5.75 Å². The van der Waals surface area contributed by atoms with Crippen molar-refractivity contribution < 1.29 is 30.4 Å². The lowest BCUT2D eigenvalue weighted by molar-refractivity contribution is 0.400. The van der Waals surface area contributed by atoms with Gasteiger partial charge in [0.1, 0.15) is 22.3 Å². The minimum Gasteiger partial charge on any atom is -0.495 e. The molecule has 0 fully saturated rings. The maximum Gasteiger partial charge on any atom is 0.267 e. The fourth-order valence-electron chi connectivity index (χ4n) is 2.08. The first-order valence-electron chi connectivity index (χ1n) is 7.08. The number of nitrogens with zero attached hydrogens (tertiary/aromatic N) is 1. The standard InChI is InChI=1S/C15H16F2N2O5S2/c1-19(2)26(22,23)14-9-10(7-8-13(14)24-3)18-25(20,21)15-11(16)5-4-6-12(15)17/h4-9,18H,1-3H3. The second kappa shape index (κ2) is 7.17. The van der Waals surface area contributed by atoms with Gasteiger partial charge in [0.2, 0.25) is 10.0 Å². The maximum atomic E-state index is 13.8. The third-order valence-electron chi connectivity index (χ3n) is 3.36. The number of hydrogen-bond donors (Lipinski definition) is 1. The Morgan fingerprint density at radius 1 is 1.00 bits per heavy atom. The van der Waals surface area contributed by atoms with Crippen molar-refractivity contribution in [1.29, 1.82) is 0 Å². The highest BCUT2D eigenvalue weighted by molar-refractivity contribution is 7.92. The number of rotatable bonds is 6. The molecule has 0 unspecified atom stereocenters. The molecule has 0 radical (unpaired) electrons. The van der Waals surface area contributed by atoms with E-state index in [1.807, 2.05) is 4.72 Å². The van der Waals surface area contributed by atoms with Crippen LogP contribution in [0.4, 0.5) is 14.5 Å². The van der Waals surface area contributed by atoms with Crippen molar-refractivity contribution in [2.45, 2.75) is 9.79 Å². The summed E-state index contributed by atoms with van der Waals surface area (Å²) in [5.41, 5.74) is -0.200. The number of sulfonamides is 2. The summed E-state index contributed by atoms with van der Waals surface area (Å²) in [7, 11) is -4.74. The molecule has 7 nitrogen and oxygen atoms in total. The van der Waals surface area contributed by atoms with E-state index in [0.717, 1.165) is 28.6 Å². The van der Waals surface area contributed by atoms with Crippen molar-refractivity contribution in [3.63, 3.8) is 0 Å². The van der Waals surface area contributed by atoms with Gasteiger partial charge in [0.25, 0.3) is 10.0 Å². The summed E-state index contributed by atoms with van der Waals surface area (Å²) in [5, 5.41) is 0. The molecule has 0 saturated carbocycles. The number of nitrogens with one attached hydrogen (secondary N) is 1. The lowest BCUT2D eigenvalue weighted by Crippen LogP contribution is -2.23. The minimum atomic E-state index is -4.63. The molecule has 1 N–H and O–H groups in total. The Morgan fingerprint density at radius 3 is 2.08 bits per heavy atom. The molecule has 142 valence electrons. The molecular formula is C15H16F2N2O5S2. The van der Waals surface area contributed by atoms with Gasteiger partial charge in [0.15, 0.2) is 4.90 Å².